The van der Waals surface area contributed by atoms with E-state index in [0.29, 0.717) is 29.9 Å². The molecule has 1 aliphatic heterocycles. The maximum Gasteiger partial charge on any atom is 0.203 e. The van der Waals surface area contributed by atoms with Gasteiger partial charge in [-0.25, -0.2) is 0 Å². The lowest BCUT2D eigenvalue weighted by Gasteiger charge is -2.32. The summed E-state index contributed by atoms with van der Waals surface area (Å²) in [5.41, 5.74) is 4.93. The SMILES string of the molecule is COc1cc(CCCNC2CCN(Cc3c[nH]c4ccccc34)CC2)cc(OC)c1OCc1ccccc1. The summed E-state index contributed by atoms with van der Waals surface area (Å²) in [5.74, 6) is 2.08. The van der Waals surface area contributed by atoms with Gasteiger partial charge in [0.25, 0.3) is 0 Å². The molecular weight excluding hydrogens is 474 g/mol. The Labute approximate surface area is 225 Å². The third kappa shape index (κ3) is 6.50. The van der Waals surface area contributed by atoms with Gasteiger partial charge in [0.1, 0.15) is 6.61 Å². The molecule has 0 saturated carbocycles. The van der Waals surface area contributed by atoms with E-state index in [1.807, 2.05) is 30.3 Å². The van der Waals surface area contributed by atoms with Crippen molar-refractivity contribution >= 4 is 10.9 Å². The van der Waals surface area contributed by atoms with E-state index in [4.69, 9.17) is 14.2 Å². The number of benzene rings is 3. The second-order valence-corrected chi connectivity index (χ2v) is 10.1. The number of nitrogens with one attached hydrogen (secondary N) is 2. The Hall–Kier alpha value is -3.48. The van der Waals surface area contributed by atoms with E-state index in [9.17, 15) is 0 Å². The molecule has 2 heterocycles. The fourth-order valence-corrected chi connectivity index (χ4v) is 5.35. The van der Waals surface area contributed by atoms with Crippen LogP contribution in [0.25, 0.3) is 10.9 Å². The molecule has 0 radical (unpaired) electrons. The van der Waals surface area contributed by atoms with Crippen molar-refractivity contribution in [1.29, 1.82) is 0 Å². The highest BCUT2D eigenvalue weighted by Gasteiger charge is 2.20. The van der Waals surface area contributed by atoms with Crippen molar-refractivity contribution in [2.45, 2.75) is 44.9 Å². The van der Waals surface area contributed by atoms with E-state index >= 15 is 0 Å². The van der Waals surface area contributed by atoms with Crippen LogP contribution in [-0.2, 0) is 19.6 Å². The number of aromatic nitrogens is 1. The van der Waals surface area contributed by atoms with Crippen molar-refractivity contribution in [3.8, 4) is 17.2 Å². The largest absolute Gasteiger partial charge is 0.493 e. The molecular formula is C32H39N3O3. The topological polar surface area (TPSA) is 58.8 Å². The zero-order valence-corrected chi connectivity index (χ0v) is 22.5. The van der Waals surface area contributed by atoms with Crippen LogP contribution in [0.2, 0.25) is 0 Å². The number of fused-ring (bicyclic) bond motifs is 1. The predicted molar refractivity (Wildman–Crippen MR) is 153 cm³/mol. The lowest BCUT2D eigenvalue weighted by Crippen LogP contribution is -2.42. The van der Waals surface area contributed by atoms with E-state index in [1.165, 1.54) is 34.9 Å². The number of ether oxygens (including phenoxy) is 3. The van der Waals surface area contributed by atoms with Crippen LogP contribution in [0.5, 0.6) is 17.2 Å². The highest BCUT2D eigenvalue weighted by atomic mass is 16.5. The summed E-state index contributed by atoms with van der Waals surface area (Å²) in [6.45, 7) is 4.76. The molecule has 6 nitrogen and oxygen atoms in total. The second-order valence-electron chi connectivity index (χ2n) is 10.1. The lowest BCUT2D eigenvalue weighted by molar-refractivity contribution is 0.191. The van der Waals surface area contributed by atoms with Crippen LogP contribution in [0, 0.1) is 0 Å². The fourth-order valence-electron chi connectivity index (χ4n) is 5.35. The number of likely N-dealkylation sites (tertiary alicyclic amines) is 1. The van der Waals surface area contributed by atoms with Gasteiger partial charge in [0.05, 0.1) is 14.2 Å². The first-order chi connectivity index (χ1) is 18.7. The number of hydrogen-bond donors (Lipinski definition) is 2. The molecule has 0 aliphatic carbocycles. The summed E-state index contributed by atoms with van der Waals surface area (Å²) in [4.78, 5) is 5.98. The Kier molecular flexibility index (Phi) is 8.84. The summed E-state index contributed by atoms with van der Waals surface area (Å²) in [5, 5.41) is 5.13. The molecule has 0 unspecified atom stereocenters. The molecule has 0 atom stereocenters. The average molecular weight is 514 g/mol. The van der Waals surface area contributed by atoms with Crippen molar-refractivity contribution in [2.75, 3.05) is 33.9 Å². The van der Waals surface area contributed by atoms with Crippen molar-refractivity contribution in [1.82, 2.24) is 15.2 Å². The Morgan fingerprint density at radius 2 is 1.61 bits per heavy atom. The molecule has 5 rings (SSSR count). The van der Waals surface area contributed by atoms with Crippen molar-refractivity contribution in [2.24, 2.45) is 0 Å². The van der Waals surface area contributed by atoms with E-state index in [2.05, 4.69) is 57.8 Å². The first kappa shape index (κ1) is 26.1. The van der Waals surface area contributed by atoms with Crippen LogP contribution in [0.15, 0.2) is 72.9 Å². The summed E-state index contributed by atoms with van der Waals surface area (Å²) < 4.78 is 17.4. The molecule has 0 spiro atoms. The molecule has 3 aromatic carbocycles. The van der Waals surface area contributed by atoms with Gasteiger partial charge in [-0.2, -0.15) is 0 Å². The van der Waals surface area contributed by atoms with Crippen LogP contribution >= 0.6 is 0 Å². The molecule has 0 bridgehead atoms. The number of rotatable bonds is 12. The second kappa shape index (κ2) is 12.9. The number of aryl methyl sites for hydroxylation is 1. The minimum absolute atomic E-state index is 0.470. The Balaban J connectivity index is 1.07. The predicted octanol–water partition coefficient (Wildman–Crippen LogP) is 5.95. The molecule has 1 saturated heterocycles. The number of methoxy groups -OCH3 is 2. The fraction of sp³-hybridized carbons (Fsp3) is 0.375. The van der Waals surface area contributed by atoms with Gasteiger partial charge in [-0.1, -0.05) is 48.5 Å². The van der Waals surface area contributed by atoms with E-state index in [0.717, 1.165) is 44.6 Å². The Bertz CT molecular complexity index is 1270. The first-order valence-electron chi connectivity index (χ1n) is 13.7. The highest BCUT2D eigenvalue weighted by molar-refractivity contribution is 5.82. The Morgan fingerprint density at radius 1 is 0.895 bits per heavy atom. The number of nitrogens with zero attached hydrogens (tertiary/aromatic N) is 1. The van der Waals surface area contributed by atoms with Crippen molar-refractivity contribution < 1.29 is 14.2 Å². The maximum absolute atomic E-state index is 6.09. The highest BCUT2D eigenvalue weighted by Crippen LogP contribution is 2.39. The van der Waals surface area contributed by atoms with Gasteiger partial charge in [-0.3, -0.25) is 4.90 Å². The van der Waals surface area contributed by atoms with Crippen LogP contribution in [0.3, 0.4) is 0 Å². The summed E-state index contributed by atoms with van der Waals surface area (Å²) in [7, 11) is 3.36. The van der Waals surface area contributed by atoms with Gasteiger partial charge < -0.3 is 24.5 Å². The summed E-state index contributed by atoms with van der Waals surface area (Å²) in [6, 6.07) is 23.4. The summed E-state index contributed by atoms with van der Waals surface area (Å²) in [6.07, 6.45) is 6.57. The molecule has 2 N–H and O–H groups in total. The first-order valence-corrected chi connectivity index (χ1v) is 13.7. The van der Waals surface area contributed by atoms with Gasteiger partial charge in [0.15, 0.2) is 11.5 Å². The average Bonchev–Trinajstić information content (AvgIpc) is 3.38. The lowest BCUT2D eigenvalue weighted by atomic mass is 10.0. The molecule has 4 aromatic rings. The van der Waals surface area contributed by atoms with Gasteiger partial charge in [0, 0.05) is 29.7 Å². The number of para-hydroxylation sites is 1. The normalized spacial score (nSPS) is 14.6. The van der Waals surface area contributed by atoms with Crippen LogP contribution in [0.1, 0.15) is 36.0 Å². The quantitative estimate of drug-likeness (QED) is 0.229. The van der Waals surface area contributed by atoms with Crippen LogP contribution in [-0.4, -0.2) is 49.8 Å². The van der Waals surface area contributed by atoms with E-state index in [1.54, 1.807) is 14.2 Å². The zero-order valence-electron chi connectivity index (χ0n) is 22.5. The van der Waals surface area contributed by atoms with Gasteiger partial charge >= 0.3 is 0 Å². The maximum atomic E-state index is 6.09. The van der Waals surface area contributed by atoms with Crippen LogP contribution in [0.4, 0.5) is 0 Å². The molecule has 1 fully saturated rings. The number of piperidine rings is 1. The zero-order chi connectivity index (χ0) is 26.2. The molecule has 1 aliphatic rings. The minimum Gasteiger partial charge on any atom is -0.493 e. The third-order valence-corrected chi connectivity index (χ3v) is 7.48. The molecule has 0 amide bonds. The minimum atomic E-state index is 0.470. The van der Waals surface area contributed by atoms with Gasteiger partial charge in [0.2, 0.25) is 5.75 Å². The standard InChI is InChI=1S/C32H39N3O3/c1-36-30-19-25(20-31(37-2)32(30)38-23-24-9-4-3-5-10-24)11-8-16-33-27-14-17-35(18-15-27)22-26-21-34-29-13-7-6-12-28(26)29/h3-7,9-10,12-13,19-21,27,33-34H,8,11,14-18,22-23H2,1-2H3. The smallest absolute Gasteiger partial charge is 0.203 e. The molecule has 38 heavy (non-hydrogen) atoms. The third-order valence-electron chi connectivity index (χ3n) is 7.48. The van der Waals surface area contributed by atoms with E-state index in [-0.39, 0.29) is 0 Å². The van der Waals surface area contributed by atoms with E-state index < -0.39 is 0 Å². The monoisotopic (exact) mass is 513 g/mol. The number of hydrogen-bond acceptors (Lipinski definition) is 5. The molecule has 200 valence electrons. The molecule has 6 heteroatoms. The van der Waals surface area contributed by atoms with Crippen molar-refractivity contribution in [3.05, 3.63) is 89.6 Å². The van der Waals surface area contributed by atoms with Gasteiger partial charge in [-0.05, 0) is 80.2 Å². The number of H-pyrrole nitrogens is 1. The van der Waals surface area contributed by atoms with Gasteiger partial charge in [-0.15, -0.1) is 0 Å². The number of aromatic amines is 1. The molecule has 1 aromatic heterocycles. The summed E-state index contributed by atoms with van der Waals surface area (Å²) >= 11 is 0. The van der Waals surface area contributed by atoms with Crippen molar-refractivity contribution in [3.63, 3.8) is 0 Å². The van der Waals surface area contributed by atoms with Crippen LogP contribution < -0.4 is 19.5 Å². The Morgan fingerprint density at radius 3 is 2.34 bits per heavy atom.